The summed E-state index contributed by atoms with van der Waals surface area (Å²) in [6.45, 7) is 0.913. The molecule has 12 heavy (non-hydrogen) atoms. The summed E-state index contributed by atoms with van der Waals surface area (Å²) in [7, 11) is 3.57. The Morgan fingerprint density at radius 2 is 2.25 bits per heavy atom. The van der Waals surface area contributed by atoms with Crippen molar-refractivity contribution in [1.29, 1.82) is 0 Å². The second-order valence-electron chi connectivity index (χ2n) is 3.37. The highest BCUT2D eigenvalue weighted by Crippen LogP contribution is 2.08. The number of amides is 1. The minimum absolute atomic E-state index is 0.163. The van der Waals surface area contributed by atoms with Gasteiger partial charge in [-0.05, 0) is 19.3 Å². The van der Waals surface area contributed by atoms with Gasteiger partial charge in [0.2, 0.25) is 5.91 Å². The van der Waals surface area contributed by atoms with Gasteiger partial charge in [-0.25, -0.2) is 0 Å². The van der Waals surface area contributed by atoms with E-state index in [9.17, 15) is 4.79 Å². The predicted molar refractivity (Wildman–Crippen MR) is 49.5 cm³/mol. The molecule has 0 aromatic rings. The van der Waals surface area contributed by atoms with Gasteiger partial charge in [0, 0.05) is 26.4 Å². The van der Waals surface area contributed by atoms with Crippen LogP contribution in [0.15, 0.2) is 4.99 Å². The van der Waals surface area contributed by atoms with Crippen molar-refractivity contribution < 1.29 is 4.79 Å². The summed E-state index contributed by atoms with van der Waals surface area (Å²) in [4.78, 5) is 17.2. The molecule has 0 aliphatic carbocycles. The molecule has 0 radical (unpaired) electrons. The highest BCUT2D eigenvalue weighted by Gasteiger charge is 2.11. The van der Waals surface area contributed by atoms with E-state index in [0.29, 0.717) is 6.42 Å². The van der Waals surface area contributed by atoms with Crippen LogP contribution < -0.4 is 0 Å². The van der Waals surface area contributed by atoms with E-state index in [1.54, 1.807) is 19.0 Å². The Bertz CT molecular complexity index is 197. The van der Waals surface area contributed by atoms with Gasteiger partial charge in [-0.15, -0.1) is 0 Å². The van der Waals surface area contributed by atoms with E-state index in [4.69, 9.17) is 0 Å². The van der Waals surface area contributed by atoms with E-state index in [0.717, 1.165) is 18.7 Å². The third kappa shape index (κ3) is 2.64. The maximum Gasteiger partial charge on any atom is 0.227 e. The van der Waals surface area contributed by atoms with E-state index in [-0.39, 0.29) is 5.91 Å². The lowest BCUT2D eigenvalue weighted by Crippen LogP contribution is -2.25. The van der Waals surface area contributed by atoms with Crippen LogP contribution in [0.5, 0.6) is 0 Å². The molecule has 0 bridgehead atoms. The van der Waals surface area contributed by atoms with Crippen LogP contribution in [0.2, 0.25) is 0 Å². The van der Waals surface area contributed by atoms with Crippen LogP contribution in [0.25, 0.3) is 0 Å². The van der Waals surface area contributed by atoms with Crippen molar-refractivity contribution >= 4 is 11.6 Å². The van der Waals surface area contributed by atoms with Crippen LogP contribution in [0, 0.1) is 0 Å². The van der Waals surface area contributed by atoms with Crippen LogP contribution in [0.4, 0.5) is 0 Å². The first kappa shape index (κ1) is 9.23. The fourth-order valence-corrected chi connectivity index (χ4v) is 1.23. The Morgan fingerprint density at radius 3 is 2.75 bits per heavy atom. The fraction of sp³-hybridized carbons (Fsp3) is 0.778. The molecule has 0 N–H and O–H groups in total. The summed E-state index contributed by atoms with van der Waals surface area (Å²) in [5, 5.41) is 0. The Labute approximate surface area is 73.5 Å². The van der Waals surface area contributed by atoms with Crippen molar-refractivity contribution in [2.45, 2.75) is 25.7 Å². The predicted octanol–water partition coefficient (Wildman–Crippen LogP) is 1.09. The van der Waals surface area contributed by atoms with E-state index >= 15 is 0 Å². The van der Waals surface area contributed by atoms with Gasteiger partial charge in [0.25, 0.3) is 0 Å². The molecule has 0 saturated heterocycles. The fourth-order valence-electron chi connectivity index (χ4n) is 1.23. The van der Waals surface area contributed by atoms with Gasteiger partial charge >= 0.3 is 0 Å². The molecule has 1 amide bonds. The molecule has 0 aromatic carbocycles. The zero-order valence-electron chi connectivity index (χ0n) is 7.84. The first-order valence-electron chi connectivity index (χ1n) is 4.42. The molecule has 1 aliphatic rings. The largest absolute Gasteiger partial charge is 0.348 e. The average Bonchev–Trinajstić information content (AvgIpc) is 2.06. The van der Waals surface area contributed by atoms with Crippen LogP contribution in [-0.4, -0.2) is 37.2 Å². The van der Waals surface area contributed by atoms with Crippen molar-refractivity contribution in [1.82, 2.24) is 4.90 Å². The Balaban J connectivity index is 2.39. The quantitative estimate of drug-likeness (QED) is 0.607. The molecule has 1 rings (SSSR count). The van der Waals surface area contributed by atoms with E-state index in [1.807, 2.05) is 0 Å². The number of aliphatic imine (C=N–C) groups is 1. The second kappa shape index (κ2) is 4.24. The first-order valence-corrected chi connectivity index (χ1v) is 4.42. The van der Waals surface area contributed by atoms with Gasteiger partial charge < -0.3 is 4.90 Å². The molecule has 0 atom stereocenters. The van der Waals surface area contributed by atoms with Crippen molar-refractivity contribution in [3.8, 4) is 0 Å². The zero-order chi connectivity index (χ0) is 8.97. The Morgan fingerprint density at radius 1 is 1.50 bits per heavy atom. The normalized spacial score (nSPS) is 17.0. The number of carbonyl (C=O) groups is 1. The van der Waals surface area contributed by atoms with Crippen molar-refractivity contribution in [3.63, 3.8) is 0 Å². The van der Waals surface area contributed by atoms with Crippen LogP contribution >= 0.6 is 0 Å². The topological polar surface area (TPSA) is 32.7 Å². The third-order valence-corrected chi connectivity index (χ3v) is 2.06. The van der Waals surface area contributed by atoms with Gasteiger partial charge in [-0.2, -0.15) is 0 Å². The number of hydrogen-bond acceptors (Lipinski definition) is 2. The molecule has 68 valence electrons. The summed E-state index contributed by atoms with van der Waals surface area (Å²) in [5.74, 6) is 0.163. The highest BCUT2D eigenvalue weighted by molar-refractivity contribution is 6.01. The minimum atomic E-state index is 0.163. The maximum atomic E-state index is 11.3. The van der Waals surface area contributed by atoms with Crippen LogP contribution in [-0.2, 0) is 4.79 Å². The summed E-state index contributed by atoms with van der Waals surface area (Å²) >= 11 is 0. The maximum absolute atomic E-state index is 11.3. The summed E-state index contributed by atoms with van der Waals surface area (Å²) in [5.41, 5.74) is 1.08. The lowest BCUT2D eigenvalue weighted by Gasteiger charge is -2.14. The van der Waals surface area contributed by atoms with E-state index in [2.05, 4.69) is 4.99 Å². The Hall–Kier alpha value is -0.860. The summed E-state index contributed by atoms with van der Waals surface area (Å²) < 4.78 is 0. The second-order valence-corrected chi connectivity index (χ2v) is 3.37. The number of rotatable bonds is 2. The highest BCUT2D eigenvalue weighted by atomic mass is 16.2. The molecule has 0 saturated carbocycles. The molecular weight excluding hydrogens is 152 g/mol. The SMILES string of the molecule is CN(C)C(=O)CC1=NCCCC1. The van der Waals surface area contributed by atoms with E-state index in [1.165, 1.54) is 12.8 Å². The lowest BCUT2D eigenvalue weighted by molar-refractivity contribution is -0.127. The first-order chi connectivity index (χ1) is 5.70. The minimum Gasteiger partial charge on any atom is -0.348 e. The van der Waals surface area contributed by atoms with Crippen molar-refractivity contribution in [3.05, 3.63) is 0 Å². The molecule has 0 fully saturated rings. The molecule has 0 unspecified atom stereocenters. The summed E-state index contributed by atoms with van der Waals surface area (Å²) in [6.07, 6.45) is 3.91. The van der Waals surface area contributed by atoms with Gasteiger partial charge in [0.1, 0.15) is 0 Å². The van der Waals surface area contributed by atoms with Crippen LogP contribution in [0.1, 0.15) is 25.7 Å². The molecule has 3 heteroatoms. The van der Waals surface area contributed by atoms with Gasteiger partial charge in [-0.1, -0.05) is 0 Å². The zero-order valence-corrected chi connectivity index (χ0v) is 7.84. The molecule has 1 aliphatic heterocycles. The Kier molecular flexibility index (Phi) is 3.26. The van der Waals surface area contributed by atoms with E-state index < -0.39 is 0 Å². The summed E-state index contributed by atoms with van der Waals surface area (Å²) in [6, 6.07) is 0. The number of nitrogens with zero attached hydrogens (tertiary/aromatic N) is 2. The molecular formula is C9H16N2O. The van der Waals surface area contributed by atoms with Gasteiger partial charge in [-0.3, -0.25) is 9.79 Å². The van der Waals surface area contributed by atoms with Crippen molar-refractivity contribution in [2.75, 3.05) is 20.6 Å². The monoisotopic (exact) mass is 168 g/mol. The average molecular weight is 168 g/mol. The van der Waals surface area contributed by atoms with Crippen molar-refractivity contribution in [2.24, 2.45) is 4.99 Å². The number of carbonyl (C=O) groups excluding carboxylic acids is 1. The van der Waals surface area contributed by atoms with Gasteiger partial charge in [0.05, 0.1) is 6.42 Å². The lowest BCUT2D eigenvalue weighted by atomic mass is 10.1. The molecule has 1 heterocycles. The molecule has 0 aromatic heterocycles. The molecule has 0 spiro atoms. The van der Waals surface area contributed by atoms with Gasteiger partial charge in [0.15, 0.2) is 0 Å². The third-order valence-electron chi connectivity index (χ3n) is 2.06. The smallest absolute Gasteiger partial charge is 0.227 e. The standard InChI is InChI=1S/C9H16N2O/c1-11(2)9(12)7-8-5-3-4-6-10-8/h3-7H2,1-2H3. The number of hydrogen-bond donors (Lipinski definition) is 0. The molecule has 3 nitrogen and oxygen atoms in total. The van der Waals surface area contributed by atoms with Crippen LogP contribution in [0.3, 0.4) is 0 Å².